The zero-order valence-electron chi connectivity index (χ0n) is 11.9. The molecule has 114 valence electrons. The van der Waals surface area contributed by atoms with Crippen molar-refractivity contribution >= 4 is 15.5 Å². The standard InChI is InChI=1S/C14H23FN2O2S/c1-2-20(18,19)11-5-10-17(9-4-8-16)14-7-3-6-13(15)12-14/h3,6-7,12H,2,4-5,8-11,16H2,1H3. The first-order valence-corrected chi connectivity index (χ1v) is 8.71. The van der Waals surface area contributed by atoms with Gasteiger partial charge in [-0.2, -0.15) is 0 Å². The van der Waals surface area contributed by atoms with E-state index in [9.17, 15) is 12.8 Å². The molecular formula is C14H23FN2O2S. The van der Waals surface area contributed by atoms with Crippen LogP contribution in [0.25, 0.3) is 0 Å². The van der Waals surface area contributed by atoms with Crippen LogP contribution in [-0.2, 0) is 9.84 Å². The topological polar surface area (TPSA) is 63.4 Å². The summed E-state index contributed by atoms with van der Waals surface area (Å²) in [4.78, 5) is 1.99. The molecule has 0 heterocycles. The molecule has 0 unspecified atom stereocenters. The van der Waals surface area contributed by atoms with Crippen molar-refractivity contribution in [2.75, 3.05) is 36.0 Å². The summed E-state index contributed by atoms with van der Waals surface area (Å²) < 4.78 is 36.2. The van der Waals surface area contributed by atoms with Gasteiger partial charge in [-0.15, -0.1) is 0 Å². The predicted octanol–water partition coefficient (Wildman–Crippen LogP) is 1.81. The van der Waals surface area contributed by atoms with Gasteiger partial charge in [0.1, 0.15) is 15.7 Å². The summed E-state index contributed by atoms with van der Waals surface area (Å²) in [5, 5.41) is 0. The molecule has 0 bridgehead atoms. The Kier molecular flexibility index (Phi) is 6.95. The maximum atomic E-state index is 13.3. The highest BCUT2D eigenvalue weighted by Gasteiger charge is 2.11. The highest BCUT2D eigenvalue weighted by Crippen LogP contribution is 2.16. The van der Waals surface area contributed by atoms with Crippen LogP contribution < -0.4 is 10.6 Å². The molecule has 6 heteroatoms. The van der Waals surface area contributed by atoms with Crippen LogP contribution >= 0.6 is 0 Å². The Morgan fingerprint density at radius 1 is 1.25 bits per heavy atom. The van der Waals surface area contributed by atoms with Crippen LogP contribution in [-0.4, -0.2) is 39.6 Å². The monoisotopic (exact) mass is 302 g/mol. The lowest BCUT2D eigenvalue weighted by atomic mass is 10.2. The van der Waals surface area contributed by atoms with Crippen molar-refractivity contribution in [1.29, 1.82) is 0 Å². The van der Waals surface area contributed by atoms with E-state index in [-0.39, 0.29) is 17.3 Å². The summed E-state index contributed by atoms with van der Waals surface area (Å²) in [5.41, 5.74) is 6.28. The van der Waals surface area contributed by atoms with Gasteiger partial charge in [0.15, 0.2) is 0 Å². The third kappa shape index (κ3) is 5.88. The molecule has 1 rings (SSSR count). The number of halogens is 1. The molecular weight excluding hydrogens is 279 g/mol. The van der Waals surface area contributed by atoms with Crippen molar-refractivity contribution in [1.82, 2.24) is 0 Å². The first kappa shape index (κ1) is 16.9. The molecule has 1 aromatic rings. The van der Waals surface area contributed by atoms with E-state index >= 15 is 0 Å². The second-order valence-electron chi connectivity index (χ2n) is 4.70. The van der Waals surface area contributed by atoms with Crippen LogP contribution in [0.5, 0.6) is 0 Å². The first-order chi connectivity index (χ1) is 9.48. The van der Waals surface area contributed by atoms with Gasteiger partial charge in [0, 0.05) is 24.5 Å². The fourth-order valence-corrected chi connectivity index (χ4v) is 2.80. The minimum absolute atomic E-state index is 0.162. The number of hydrogen-bond donors (Lipinski definition) is 1. The van der Waals surface area contributed by atoms with E-state index in [1.54, 1.807) is 13.0 Å². The van der Waals surface area contributed by atoms with Gasteiger partial charge in [-0.05, 0) is 37.6 Å². The van der Waals surface area contributed by atoms with Gasteiger partial charge in [0.2, 0.25) is 0 Å². The Hall–Kier alpha value is -1.14. The predicted molar refractivity (Wildman–Crippen MR) is 81.2 cm³/mol. The molecule has 20 heavy (non-hydrogen) atoms. The molecule has 0 spiro atoms. The van der Waals surface area contributed by atoms with Crippen molar-refractivity contribution in [3.8, 4) is 0 Å². The van der Waals surface area contributed by atoms with Gasteiger partial charge in [-0.25, -0.2) is 12.8 Å². The molecule has 0 saturated carbocycles. The van der Waals surface area contributed by atoms with Crippen LogP contribution in [0.2, 0.25) is 0 Å². The Balaban J connectivity index is 2.65. The van der Waals surface area contributed by atoms with E-state index < -0.39 is 9.84 Å². The van der Waals surface area contributed by atoms with Crippen molar-refractivity contribution in [2.45, 2.75) is 19.8 Å². The molecule has 2 N–H and O–H groups in total. The van der Waals surface area contributed by atoms with Crippen molar-refractivity contribution in [3.05, 3.63) is 30.1 Å². The van der Waals surface area contributed by atoms with E-state index in [1.165, 1.54) is 12.1 Å². The van der Waals surface area contributed by atoms with Crippen LogP contribution in [0.15, 0.2) is 24.3 Å². The van der Waals surface area contributed by atoms with Crippen molar-refractivity contribution < 1.29 is 12.8 Å². The third-order valence-electron chi connectivity index (χ3n) is 3.13. The van der Waals surface area contributed by atoms with E-state index in [4.69, 9.17) is 5.73 Å². The van der Waals surface area contributed by atoms with Crippen molar-refractivity contribution in [3.63, 3.8) is 0 Å². The Labute approximate surface area is 120 Å². The molecule has 0 radical (unpaired) electrons. The molecule has 0 aliphatic heterocycles. The average molecular weight is 302 g/mol. The molecule has 0 aromatic heterocycles. The Bertz CT molecular complexity index is 506. The third-order valence-corrected chi connectivity index (χ3v) is 4.92. The second-order valence-corrected chi connectivity index (χ2v) is 7.17. The largest absolute Gasteiger partial charge is 0.371 e. The van der Waals surface area contributed by atoms with Gasteiger partial charge in [0.25, 0.3) is 0 Å². The molecule has 0 saturated heterocycles. The van der Waals surface area contributed by atoms with Gasteiger partial charge in [-0.1, -0.05) is 13.0 Å². The van der Waals surface area contributed by atoms with Crippen LogP contribution in [0, 0.1) is 5.82 Å². The zero-order valence-corrected chi connectivity index (χ0v) is 12.7. The molecule has 0 amide bonds. The summed E-state index contributed by atoms with van der Waals surface area (Å²) in [6.45, 7) is 3.49. The Morgan fingerprint density at radius 2 is 1.95 bits per heavy atom. The lowest BCUT2D eigenvalue weighted by molar-refractivity contribution is 0.593. The molecule has 0 aliphatic carbocycles. The lowest BCUT2D eigenvalue weighted by Crippen LogP contribution is -2.28. The number of benzene rings is 1. The highest BCUT2D eigenvalue weighted by atomic mass is 32.2. The van der Waals surface area contributed by atoms with Crippen LogP contribution in [0.3, 0.4) is 0 Å². The average Bonchev–Trinajstić information content (AvgIpc) is 2.42. The number of nitrogens with zero attached hydrogens (tertiary/aromatic N) is 1. The summed E-state index contributed by atoms with van der Waals surface area (Å²) in [5.74, 6) is 0.0367. The van der Waals surface area contributed by atoms with E-state index in [0.29, 0.717) is 26.1 Å². The quantitative estimate of drug-likeness (QED) is 0.755. The number of sulfone groups is 1. The van der Waals surface area contributed by atoms with Crippen LogP contribution in [0.4, 0.5) is 10.1 Å². The van der Waals surface area contributed by atoms with Crippen LogP contribution in [0.1, 0.15) is 19.8 Å². The molecule has 0 fully saturated rings. The number of rotatable bonds is 9. The maximum absolute atomic E-state index is 13.3. The molecule has 4 nitrogen and oxygen atoms in total. The lowest BCUT2D eigenvalue weighted by Gasteiger charge is -2.24. The number of anilines is 1. The number of hydrogen-bond acceptors (Lipinski definition) is 4. The summed E-state index contributed by atoms with van der Waals surface area (Å²) in [7, 11) is -2.95. The van der Waals surface area contributed by atoms with E-state index in [2.05, 4.69) is 0 Å². The fraction of sp³-hybridized carbons (Fsp3) is 0.571. The van der Waals surface area contributed by atoms with Gasteiger partial charge < -0.3 is 10.6 Å². The van der Waals surface area contributed by atoms with E-state index in [1.807, 2.05) is 11.0 Å². The van der Waals surface area contributed by atoms with Gasteiger partial charge >= 0.3 is 0 Å². The molecule has 0 atom stereocenters. The first-order valence-electron chi connectivity index (χ1n) is 6.89. The summed E-state index contributed by atoms with van der Waals surface area (Å²) in [6.07, 6.45) is 1.33. The summed E-state index contributed by atoms with van der Waals surface area (Å²) in [6, 6.07) is 6.34. The van der Waals surface area contributed by atoms with Gasteiger partial charge in [-0.3, -0.25) is 0 Å². The zero-order chi connectivity index (χ0) is 15.0. The number of nitrogens with two attached hydrogens (primary N) is 1. The smallest absolute Gasteiger partial charge is 0.150 e. The normalized spacial score (nSPS) is 11.6. The highest BCUT2D eigenvalue weighted by molar-refractivity contribution is 7.91. The maximum Gasteiger partial charge on any atom is 0.150 e. The van der Waals surface area contributed by atoms with E-state index in [0.717, 1.165) is 12.1 Å². The minimum Gasteiger partial charge on any atom is -0.371 e. The molecule has 0 aliphatic rings. The second kappa shape index (κ2) is 8.21. The van der Waals surface area contributed by atoms with Gasteiger partial charge in [0.05, 0.1) is 5.75 Å². The van der Waals surface area contributed by atoms with Crippen molar-refractivity contribution in [2.24, 2.45) is 5.73 Å². The Morgan fingerprint density at radius 3 is 2.55 bits per heavy atom. The fourth-order valence-electron chi connectivity index (χ4n) is 1.94. The molecule has 1 aromatic carbocycles. The SMILES string of the molecule is CCS(=O)(=O)CCCN(CCCN)c1cccc(F)c1. The summed E-state index contributed by atoms with van der Waals surface area (Å²) >= 11 is 0. The minimum atomic E-state index is -2.95.